The van der Waals surface area contributed by atoms with Crippen LogP contribution in [0.4, 0.5) is 0 Å². The average Bonchev–Trinajstić information content (AvgIpc) is 3.18. The SMILES string of the molecule is COC(=O)C1(C(=O)N2CCC(OC)C[C@H]2C)CC1. The molecule has 102 valence electrons. The van der Waals surface area contributed by atoms with Gasteiger partial charge in [0.2, 0.25) is 5.91 Å². The Labute approximate surface area is 107 Å². The van der Waals surface area contributed by atoms with Gasteiger partial charge in [-0.25, -0.2) is 0 Å². The molecule has 1 unspecified atom stereocenters. The summed E-state index contributed by atoms with van der Waals surface area (Å²) in [6, 6.07) is 0.123. The van der Waals surface area contributed by atoms with E-state index < -0.39 is 5.41 Å². The summed E-state index contributed by atoms with van der Waals surface area (Å²) in [5.74, 6) is -0.440. The van der Waals surface area contributed by atoms with Crippen molar-refractivity contribution in [2.45, 2.75) is 44.8 Å². The molecular weight excluding hydrogens is 234 g/mol. The number of amides is 1. The van der Waals surface area contributed by atoms with Gasteiger partial charge in [-0.05, 0) is 32.6 Å². The predicted molar refractivity (Wildman–Crippen MR) is 64.9 cm³/mol. The largest absolute Gasteiger partial charge is 0.468 e. The molecule has 0 N–H and O–H groups in total. The molecule has 2 atom stereocenters. The number of rotatable bonds is 3. The van der Waals surface area contributed by atoms with Gasteiger partial charge in [-0.3, -0.25) is 9.59 Å². The van der Waals surface area contributed by atoms with E-state index in [-0.39, 0.29) is 24.0 Å². The third kappa shape index (κ3) is 2.11. The first-order chi connectivity index (χ1) is 8.55. The van der Waals surface area contributed by atoms with Crippen LogP contribution in [0.15, 0.2) is 0 Å². The van der Waals surface area contributed by atoms with Crippen molar-refractivity contribution in [2.24, 2.45) is 5.41 Å². The maximum Gasteiger partial charge on any atom is 0.321 e. The Balaban J connectivity index is 2.04. The number of hydrogen-bond donors (Lipinski definition) is 0. The smallest absolute Gasteiger partial charge is 0.321 e. The molecule has 1 amide bonds. The first-order valence-electron chi connectivity index (χ1n) is 6.47. The maximum atomic E-state index is 12.5. The van der Waals surface area contributed by atoms with E-state index in [9.17, 15) is 9.59 Å². The number of ether oxygens (including phenoxy) is 2. The lowest BCUT2D eigenvalue weighted by molar-refractivity contribution is -0.158. The summed E-state index contributed by atoms with van der Waals surface area (Å²) < 4.78 is 10.1. The number of likely N-dealkylation sites (tertiary alicyclic amines) is 1. The second kappa shape index (κ2) is 4.88. The van der Waals surface area contributed by atoms with E-state index in [1.165, 1.54) is 7.11 Å². The van der Waals surface area contributed by atoms with Gasteiger partial charge in [0.1, 0.15) is 5.41 Å². The Kier molecular flexibility index (Phi) is 3.61. The second-order valence-corrected chi connectivity index (χ2v) is 5.30. The van der Waals surface area contributed by atoms with Crippen LogP contribution >= 0.6 is 0 Å². The summed E-state index contributed by atoms with van der Waals surface area (Å²) in [5, 5.41) is 0. The number of carbonyl (C=O) groups is 2. The van der Waals surface area contributed by atoms with Crippen LogP contribution in [0.25, 0.3) is 0 Å². The van der Waals surface area contributed by atoms with Gasteiger partial charge in [0.25, 0.3) is 0 Å². The molecule has 1 aliphatic heterocycles. The molecule has 18 heavy (non-hydrogen) atoms. The van der Waals surface area contributed by atoms with Crippen molar-refractivity contribution in [2.75, 3.05) is 20.8 Å². The highest BCUT2D eigenvalue weighted by atomic mass is 16.5. The molecule has 2 aliphatic rings. The van der Waals surface area contributed by atoms with Gasteiger partial charge in [0.15, 0.2) is 0 Å². The molecule has 1 aliphatic carbocycles. The van der Waals surface area contributed by atoms with Crippen LogP contribution < -0.4 is 0 Å². The Morgan fingerprint density at radius 3 is 2.39 bits per heavy atom. The molecule has 1 saturated carbocycles. The van der Waals surface area contributed by atoms with Crippen LogP contribution in [-0.2, 0) is 19.1 Å². The third-order valence-electron chi connectivity index (χ3n) is 4.16. The molecule has 1 heterocycles. The van der Waals surface area contributed by atoms with Gasteiger partial charge in [0, 0.05) is 19.7 Å². The van der Waals surface area contributed by atoms with Crippen molar-refractivity contribution in [3.63, 3.8) is 0 Å². The van der Waals surface area contributed by atoms with Crippen LogP contribution in [0.1, 0.15) is 32.6 Å². The minimum atomic E-state index is -0.872. The van der Waals surface area contributed by atoms with Crippen molar-refractivity contribution in [1.29, 1.82) is 0 Å². The Morgan fingerprint density at radius 1 is 1.28 bits per heavy atom. The summed E-state index contributed by atoms with van der Waals surface area (Å²) in [6.07, 6.45) is 3.13. The number of nitrogens with zero attached hydrogens (tertiary/aromatic N) is 1. The van der Waals surface area contributed by atoms with Crippen LogP contribution in [0.5, 0.6) is 0 Å². The highest BCUT2D eigenvalue weighted by molar-refractivity contribution is 6.05. The normalized spacial score (nSPS) is 29.8. The van der Waals surface area contributed by atoms with Crippen LogP contribution in [0.2, 0.25) is 0 Å². The molecule has 2 fully saturated rings. The number of esters is 1. The Hall–Kier alpha value is -1.10. The number of methoxy groups -OCH3 is 2. The van der Waals surface area contributed by atoms with Crippen LogP contribution in [0.3, 0.4) is 0 Å². The fraction of sp³-hybridized carbons (Fsp3) is 0.846. The highest BCUT2D eigenvalue weighted by Gasteiger charge is 2.59. The minimum absolute atomic E-state index is 0.0589. The monoisotopic (exact) mass is 255 g/mol. The summed E-state index contributed by atoms with van der Waals surface area (Å²) in [7, 11) is 3.04. The molecule has 5 heteroatoms. The zero-order valence-electron chi connectivity index (χ0n) is 11.3. The lowest BCUT2D eigenvalue weighted by atomic mass is 9.96. The van der Waals surface area contributed by atoms with Gasteiger partial charge < -0.3 is 14.4 Å². The van der Waals surface area contributed by atoms with Crippen molar-refractivity contribution in [1.82, 2.24) is 4.90 Å². The van der Waals surface area contributed by atoms with Crippen LogP contribution in [-0.4, -0.2) is 49.7 Å². The Bertz CT molecular complexity index is 351. The zero-order chi connectivity index (χ0) is 13.3. The molecule has 0 aromatic heterocycles. The Morgan fingerprint density at radius 2 is 1.94 bits per heavy atom. The van der Waals surface area contributed by atoms with Gasteiger partial charge in [-0.1, -0.05) is 0 Å². The molecule has 0 aromatic carbocycles. The lowest BCUT2D eigenvalue weighted by Gasteiger charge is -2.38. The summed E-state index contributed by atoms with van der Waals surface area (Å²) in [5.41, 5.74) is -0.872. The van der Waals surface area contributed by atoms with E-state index in [4.69, 9.17) is 9.47 Å². The van der Waals surface area contributed by atoms with Crippen molar-refractivity contribution >= 4 is 11.9 Å². The van der Waals surface area contributed by atoms with Crippen molar-refractivity contribution < 1.29 is 19.1 Å². The zero-order valence-corrected chi connectivity index (χ0v) is 11.3. The second-order valence-electron chi connectivity index (χ2n) is 5.30. The van der Waals surface area contributed by atoms with E-state index in [1.54, 1.807) is 7.11 Å². The number of carbonyl (C=O) groups excluding carboxylic acids is 2. The van der Waals surface area contributed by atoms with Crippen LogP contribution in [0, 0.1) is 5.41 Å². The third-order valence-corrected chi connectivity index (χ3v) is 4.16. The standard InChI is InChI=1S/C13H21NO4/c1-9-8-10(17-2)4-7-14(9)11(15)13(5-6-13)12(16)18-3/h9-10H,4-8H2,1-3H3/t9-,10?/m1/s1. The van der Waals surface area contributed by atoms with Crippen molar-refractivity contribution in [3.8, 4) is 0 Å². The predicted octanol–water partition coefficient (Wildman–Crippen LogP) is 0.965. The maximum absolute atomic E-state index is 12.5. The van der Waals surface area contributed by atoms with Gasteiger partial charge in [0.05, 0.1) is 13.2 Å². The first-order valence-corrected chi connectivity index (χ1v) is 6.47. The van der Waals surface area contributed by atoms with E-state index >= 15 is 0 Å². The first kappa shape index (κ1) is 13.3. The van der Waals surface area contributed by atoms with E-state index in [1.807, 2.05) is 11.8 Å². The van der Waals surface area contributed by atoms with E-state index in [2.05, 4.69) is 0 Å². The van der Waals surface area contributed by atoms with Gasteiger partial charge in [-0.2, -0.15) is 0 Å². The molecule has 0 spiro atoms. The molecule has 0 radical (unpaired) electrons. The van der Waals surface area contributed by atoms with E-state index in [0.717, 1.165) is 12.8 Å². The fourth-order valence-electron chi connectivity index (χ4n) is 2.75. The topological polar surface area (TPSA) is 55.8 Å². The highest BCUT2D eigenvalue weighted by Crippen LogP contribution is 2.49. The number of piperidine rings is 1. The summed E-state index contributed by atoms with van der Waals surface area (Å²) >= 11 is 0. The molecule has 2 rings (SSSR count). The lowest BCUT2D eigenvalue weighted by Crippen LogP contribution is -2.51. The molecule has 0 aromatic rings. The summed E-state index contributed by atoms with van der Waals surface area (Å²) in [6.45, 7) is 2.67. The van der Waals surface area contributed by atoms with E-state index in [0.29, 0.717) is 19.4 Å². The van der Waals surface area contributed by atoms with Gasteiger partial charge >= 0.3 is 5.97 Å². The molecule has 0 bridgehead atoms. The molecular formula is C13H21NO4. The summed E-state index contributed by atoms with van der Waals surface area (Å²) in [4.78, 5) is 26.0. The molecule has 5 nitrogen and oxygen atoms in total. The number of hydrogen-bond acceptors (Lipinski definition) is 4. The fourth-order valence-corrected chi connectivity index (χ4v) is 2.75. The van der Waals surface area contributed by atoms with Gasteiger partial charge in [-0.15, -0.1) is 0 Å². The average molecular weight is 255 g/mol. The van der Waals surface area contributed by atoms with Crippen molar-refractivity contribution in [3.05, 3.63) is 0 Å². The molecule has 1 saturated heterocycles. The quantitative estimate of drug-likeness (QED) is 0.557. The minimum Gasteiger partial charge on any atom is -0.468 e.